The second-order valence-corrected chi connectivity index (χ2v) is 7.90. The van der Waals surface area contributed by atoms with E-state index in [1.165, 1.54) is 0 Å². The molecule has 0 unspecified atom stereocenters. The maximum Gasteiger partial charge on any atom is 0.251 e. The Labute approximate surface area is 199 Å². The number of carbonyl (C=O) groups excluding carboxylic acids is 1. The number of aromatic nitrogens is 1. The van der Waals surface area contributed by atoms with Gasteiger partial charge in [-0.2, -0.15) is 0 Å². The molecule has 4 aromatic rings. The fourth-order valence-corrected chi connectivity index (χ4v) is 4.43. The highest BCUT2D eigenvalue weighted by atomic mass is 16.5. The smallest absolute Gasteiger partial charge is 0.251 e. The Kier molecular flexibility index (Phi) is 6.59. The zero-order valence-electron chi connectivity index (χ0n) is 19.8. The third-order valence-corrected chi connectivity index (χ3v) is 5.94. The van der Waals surface area contributed by atoms with E-state index in [1.807, 2.05) is 79.7 Å². The Morgan fingerprint density at radius 2 is 1.35 bits per heavy atom. The van der Waals surface area contributed by atoms with Crippen LogP contribution in [0.2, 0.25) is 0 Å². The van der Waals surface area contributed by atoms with Crippen molar-refractivity contribution < 1.29 is 19.0 Å². The summed E-state index contributed by atoms with van der Waals surface area (Å²) in [6, 6.07) is 23.7. The number of nitrogens with two attached hydrogens (primary N) is 1. The number of amides is 1. The monoisotopic (exact) mass is 456 g/mol. The first-order chi connectivity index (χ1) is 16.5. The fraction of sp³-hybridized carbons (Fsp3) is 0.179. The third kappa shape index (κ3) is 4.10. The molecule has 1 aromatic heterocycles. The minimum atomic E-state index is -0.461. The van der Waals surface area contributed by atoms with E-state index >= 15 is 0 Å². The van der Waals surface area contributed by atoms with Crippen LogP contribution in [-0.4, -0.2) is 31.8 Å². The molecule has 3 aromatic carbocycles. The van der Waals surface area contributed by atoms with Gasteiger partial charge in [-0.15, -0.1) is 0 Å². The molecule has 2 N–H and O–H groups in total. The minimum Gasteiger partial charge on any atom is -0.493 e. The van der Waals surface area contributed by atoms with Crippen molar-refractivity contribution in [2.45, 2.75) is 13.5 Å². The Balaban J connectivity index is 2.00. The van der Waals surface area contributed by atoms with Gasteiger partial charge < -0.3 is 24.5 Å². The minimum absolute atomic E-state index is 0.461. The summed E-state index contributed by atoms with van der Waals surface area (Å²) in [7, 11) is 4.76. The van der Waals surface area contributed by atoms with Crippen molar-refractivity contribution in [3.63, 3.8) is 0 Å². The summed E-state index contributed by atoms with van der Waals surface area (Å²) in [5.41, 5.74) is 11.8. The van der Waals surface area contributed by atoms with E-state index in [0.29, 0.717) is 29.4 Å². The molecule has 0 aliphatic heterocycles. The average Bonchev–Trinajstić information content (AvgIpc) is 3.16. The number of nitrogens with zero attached hydrogens (tertiary/aromatic N) is 1. The molecule has 6 heteroatoms. The van der Waals surface area contributed by atoms with Crippen molar-refractivity contribution in [3.8, 4) is 39.6 Å². The van der Waals surface area contributed by atoms with Crippen molar-refractivity contribution in [1.82, 2.24) is 4.57 Å². The summed E-state index contributed by atoms with van der Waals surface area (Å²) in [6.45, 7) is 2.40. The van der Waals surface area contributed by atoms with E-state index in [4.69, 9.17) is 19.9 Å². The summed E-state index contributed by atoms with van der Waals surface area (Å²) in [6.07, 6.45) is 0. The van der Waals surface area contributed by atoms with E-state index in [2.05, 4.69) is 4.57 Å². The van der Waals surface area contributed by atoms with Gasteiger partial charge in [0.15, 0.2) is 11.5 Å². The number of hydrogen-bond donors (Lipinski definition) is 1. The lowest BCUT2D eigenvalue weighted by Gasteiger charge is -2.17. The molecule has 6 nitrogen and oxygen atoms in total. The molecule has 34 heavy (non-hydrogen) atoms. The molecule has 0 radical (unpaired) electrons. The van der Waals surface area contributed by atoms with Gasteiger partial charge in [0, 0.05) is 17.8 Å². The molecule has 0 atom stereocenters. The van der Waals surface area contributed by atoms with Crippen LogP contribution in [0.1, 0.15) is 21.6 Å². The van der Waals surface area contributed by atoms with E-state index in [-0.39, 0.29) is 0 Å². The topological polar surface area (TPSA) is 75.7 Å². The van der Waals surface area contributed by atoms with Crippen LogP contribution in [0.25, 0.3) is 22.4 Å². The first-order valence-electron chi connectivity index (χ1n) is 10.9. The second-order valence-electron chi connectivity index (χ2n) is 7.90. The number of rotatable bonds is 8. The van der Waals surface area contributed by atoms with Gasteiger partial charge in [0.25, 0.3) is 5.91 Å². The Morgan fingerprint density at radius 3 is 1.82 bits per heavy atom. The molecule has 0 fully saturated rings. The van der Waals surface area contributed by atoms with Gasteiger partial charge in [-0.05, 0) is 35.7 Å². The van der Waals surface area contributed by atoms with E-state index in [0.717, 1.165) is 33.6 Å². The van der Waals surface area contributed by atoms with Gasteiger partial charge in [0.05, 0.1) is 32.6 Å². The van der Waals surface area contributed by atoms with Gasteiger partial charge in [-0.25, -0.2) is 0 Å². The van der Waals surface area contributed by atoms with Crippen molar-refractivity contribution >= 4 is 5.91 Å². The highest BCUT2D eigenvalue weighted by Crippen LogP contribution is 2.42. The van der Waals surface area contributed by atoms with Gasteiger partial charge >= 0.3 is 0 Å². The van der Waals surface area contributed by atoms with Crippen LogP contribution in [0.15, 0.2) is 72.8 Å². The maximum atomic E-state index is 12.7. The molecule has 0 spiro atoms. The quantitative estimate of drug-likeness (QED) is 0.390. The third-order valence-electron chi connectivity index (χ3n) is 5.94. The van der Waals surface area contributed by atoms with E-state index in [9.17, 15) is 4.79 Å². The largest absolute Gasteiger partial charge is 0.493 e. The molecule has 4 rings (SSSR count). The normalized spacial score (nSPS) is 10.7. The molecule has 0 saturated carbocycles. The van der Waals surface area contributed by atoms with Crippen LogP contribution in [0.3, 0.4) is 0 Å². The molecular formula is C28H28N2O4. The molecule has 1 amide bonds. The summed E-state index contributed by atoms with van der Waals surface area (Å²) in [5.74, 6) is 1.21. The highest BCUT2D eigenvalue weighted by molar-refractivity contribution is 6.05. The van der Waals surface area contributed by atoms with Gasteiger partial charge in [-0.1, -0.05) is 60.7 Å². The predicted octanol–water partition coefficient (Wildman–Crippen LogP) is 5.30. The second kappa shape index (κ2) is 9.75. The van der Waals surface area contributed by atoms with Crippen LogP contribution in [0.4, 0.5) is 0 Å². The lowest BCUT2D eigenvalue weighted by Crippen LogP contribution is -2.13. The molecular weight excluding hydrogens is 428 g/mol. The van der Waals surface area contributed by atoms with E-state index in [1.54, 1.807) is 21.3 Å². The van der Waals surface area contributed by atoms with E-state index < -0.39 is 5.91 Å². The summed E-state index contributed by atoms with van der Waals surface area (Å²) in [4.78, 5) is 12.7. The van der Waals surface area contributed by atoms with Gasteiger partial charge in [0.2, 0.25) is 5.75 Å². The average molecular weight is 457 g/mol. The molecule has 0 aliphatic carbocycles. The van der Waals surface area contributed by atoms with Crippen molar-refractivity contribution in [3.05, 3.63) is 89.6 Å². The number of hydrogen-bond acceptors (Lipinski definition) is 4. The number of ether oxygens (including phenoxy) is 3. The lowest BCUT2D eigenvalue weighted by molar-refractivity contribution is 0.1000. The summed E-state index contributed by atoms with van der Waals surface area (Å²) >= 11 is 0. The van der Waals surface area contributed by atoms with Crippen LogP contribution in [-0.2, 0) is 6.54 Å². The Hall–Kier alpha value is -4.19. The fourth-order valence-electron chi connectivity index (χ4n) is 4.43. The zero-order chi connectivity index (χ0) is 24.2. The molecule has 0 aliphatic rings. The number of benzene rings is 3. The van der Waals surface area contributed by atoms with Crippen LogP contribution in [0, 0.1) is 6.92 Å². The summed E-state index contributed by atoms with van der Waals surface area (Å²) in [5, 5.41) is 0. The molecule has 174 valence electrons. The maximum absolute atomic E-state index is 12.7. The predicted molar refractivity (Wildman–Crippen MR) is 134 cm³/mol. The lowest BCUT2D eigenvalue weighted by atomic mass is 9.96. The molecule has 0 saturated heterocycles. The van der Waals surface area contributed by atoms with Crippen LogP contribution in [0.5, 0.6) is 17.2 Å². The SMILES string of the molecule is COc1cc(Cn2c(C)c(C(N)=O)c(-c3ccccc3)c2-c2ccccc2)cc(OC)c1OC. The first-order valence-corrected chi connectivity index (χ1v) is 10.9. The number of methoxy groups -OCH3 is 3. The number of carbonyl (C=O) groups is 1. The van der Waals surface area contributed by atoms with Crippen molar-refractivity contribution in [2.24, 2.45) is 5.73 Å². The van der Waals surface area contributed by atoms with Gasteiger partial charge in [0.1, 0.15) is 0 Å². The van der Waals surface area contributed by atoms with Gasteiger partial charge in [-0.3, -0.25) is 4.79 Å². The van der Waals surface area contributed by atoms with Crippen LogP contribution >= 0.6 is 0 Å². The first kappa shape index (κ1) is 23.0. The Morgan fingerprint density at radius 1 is 0.824 bits per heavy atom. The van der Waals surface area contributed by atoms with Crippen molar-refractivity contribution in [2.75, 3.05) is 21.3 Å². The molecule has 1 heterocycles. The zero-order valence-corrected chi connectivity index (χ0v) is 19.8. The molecule has 0 bridgehead atoms. The Bertz CT molecular complexity index is 1290. The highest BCUT2D eigenvalue weighted by Gasteiger charge is 2.26. The number of primary amides is 1. The van der Waals surface area contributed by atoms with Crippen molar-refractivity contribution in [1.29, 1.82) is 0 Å². The van der Waals surface area contributed by atoms with Crippen LogP contribution < -0.4 is 19.9 Å². The summed E-state index contributed by atoms with van der Waals surface area (Å²) < 4.78 is 18.7. The standard InChI is InChI=1S/C28H28N2O4/c1-18-24(28(29)31)25(20-11-7-5-8-12-20)26(21-13-9-6-10-14-21)30(18)17-19-15-22(32-2)27(34-4)23(16-19)33-3/h5-16H,17H2,1-4H3,(H2,29,31).